The van der Waals surface area contributed by atoms with Gasteiger partial charge in [-0.15, -0.1) is 0 Å². The smallest absolute Gasteiger partial charge is 0.315 e. The zero-order chi connectivity index (χ0) is 13.0. The molecule has 0 aliphatic heterocycles. The minimum Gasteiger partial charge on any atom is -0.463 e. The first-order valence-corrected chi connectivity index (χ1v) is 6.18. The summed E-state index contributed by atoms with van der Waals surface area (Å²) in [6, 6.07) is 5.49. The van der Waals surface area contributed by atoms with E-state index in [1.165, 1.54) is 0 Å². The average molecular weight is 314 g/mol. The molecule has 0 atom stereocenters. The summed E-state index contributed by atoms with van der Waals surface area (Å²) in [5, 5.41) is 0. The monoisotopic (exact) mass is 313 g/mol. The number of oxazole rings is 1. The Morgan fingerprint density at radius 3 is 3.06 bits per heavy atom. The Morgan fingerprint density at radius 2 is 2.28 bits per heavy atom. The van der Waals surface area contributed by atoms with Crippen molar-refractivity contribution in [3.05, 3.63) is 28.6 Å². The molecule has 0 spiro atoms. The van der Waals surface area contributed by atoms with Crippen LogP contribution in [0.4, 0.5) is 0 Å². The van der Waals surface area contributed by atoms with Gasteiger partial charge in [0.15, 0.2) is 5.58 Å². The van der Waals surface area contributed by atoms with Gasteiger partial charge in [-0.2, -0.15) is 0 Å². The van der Waals surface area contributed by atoms with Crippen molar-refractivity contribution in [2.45, 2.75) is 6.42 Å². The second-order valence-electron chi connectivity index (χ2n) is 3.61. The summed E-state index contributed by atoms with van der Waals surface area (Å²) in [4.78, 5) is 15.7. The first-order valence-electron chi connectivity index (χ1n) is 5.38. The molecule has 2 rings (SSSR count). The van der Waals surface area contributed by atoms with Crippen molar-refractivity contribution in [3.63, 3.8) is 0 Å². The first-order chi connectivity index (χ1) is 8.69. The lowest BCUT2D eigenvalue weighted by Crippen LogP contribution is -2.12. The van der Waals surface area contributed by atoms with Crippen LogP contribution in [0.15, 0.2) is 27.1 Å². The molecular weight excluding hydrogens is 302 g/mol. The molecular formula is C12H12BrNO4. The largest absolute Gasteiger partial charge is 0.463 e. The van der Waals surface area contributed by atoms with Gasteiger partial charge in [0.1, 0.15) is 18.5 Å². The third kappa shape index (κ3) is 3.30. The number of halogens is 1. The number of fused-ring (bicyclic) bond motifs is 1. The number of rotatable bonds is 5. The molecule has 0 aliphatic rings. The van der Waals surface area contributed by atoms with Crippen LogP contribution < -0.4 is 0 Å². The fourth-order valence-electron chi connectivity index (χ4n) is 1.44. The van der Waals surface area contributed by atoms with E-state index < -0.39 is 0 Å². The van der Waals surface area contributed by atoms with Crippen molar-refractivity contribution in [2.75, 3.05) is 20.3 Å². The molecule has 0 unspecified atom stereocenters. The Kier molecular flexibility index (Phi) is 4.33. The van der Waals surface area contributed by atoms with E-state index in [9.17, 15) is 4.79 Å². The zero-order valence-corrected chi connectivity index (χ0v) is 11.4. The molecule has 0 saturated carbocycles. The van der Waals surface area contributed by atoms with Gasteiger partial charge in [0, 0.05) is 11.6 Å². The van der Waals surface area contributed by atoms with Gasteiger partial charge in [0.05, 0.1) is 6.61 Å². The Morgan fingerprint density at radius 1 is 1.44 bits per heavy atom. The molecule has 6 heteroatoms. The molecule has 0 radical (unpaired) electrons. The van der Waals surface area contributed by atoms with Crippen molar-refractivity contribution in [2.24, 2.45) is 0 Å². The SMILES string of the molecule is COCCOC(=O)Cc1nc2cc(Br)ccc2o1. The van der Waals surface area contributed by atoms with Crippen molar-refractivity contribution >= 4 is 33.0 Å². The molecule has 0 fully saturated rings. The predicted molar refractivity (Wildman–Crippen MR) is 68.2 cm³/mol. The number of aromatic nitrogens is 1. The second-order valence-corrected chi connectivity index (χ2v) is 4.53. The van der Waals surface area contributed by atoms with Crippen molar-refractivity contribution < 1.29 is 18.7 Å². The molecule has 1 heterocycles. The summed E-state index contributed by atoms with van der Waals surface area (Å²) in [5.74, 6) is -0.0248. The van der Waals surface area contributed by atoms with Crippen LogP contribution in [0.2, 0.25) is 0 Å². The van der Waals surface area contributed by atoms with Crippen LogP contribution in [-0.2, 0) is 20.7 Å². The Hall–Kier alpha value is -1.40. The fourth-order valence-corrected chi connectivity index (χ4v) is 1.79. The van der Waals surface area contributed by atoms with Crippen LogP contribution in [0.1, 0.15) is 5.89 Å². The van der Waals surface area contributed by atoms with Crippen LogP contribution >= 0.6 is 15.9 Å². The Bertz CT molecular complexity index is 552. The molecule has 18 heavy (non-hydrogen) atoms. The first kappa shape index (κ1) is 13.0. The van der Waals surface area contributed by atoms with Gasteiger partial charge in [-0.05, 0) is 18.2 Å². The van der Waals surface area contributed by atoms with E-state index in [0.29, 0.717) is 23.6 Å². The van der Waals surface area contributed by atoms with E-state index in [4.69, 9.17) is 13.9 Å². The van der Waals surface area contributed by atoms with Crippen LogP contribution in [-0.4, -0.2) is 31.3 Å². The topological polar surface area (TPSA) is 61.6 Å². The van der Waals surface area contributed by atoms with E-state index in [2.05, 4.69) is 20.9 Å². The summed E-state index contributed by atoms with van der Waals surface area (Å²) < 4.78 is 16.1. The van der Waals surface area contributed by atoms with Crippen molar-refractivity contribution in [1.82, 2.24) is 4.98 Å². The Balaban J connectivity index is 2.01. The summed E-state index contributed by atoms with van der Waals surface area (Å²) in [6.07, 6.45) is 0.0238. The number of benzene rings is 1. The van der Waals surface area contributed by atoms with Crippen molar-refractivity contribution in [3.8, 4) is 0 Å². The van der Waals surface area contributed by atoms with Gasteiger partial charge < -0.3 is 13.9 Å². The van der Waals surface area contributed by atoms with Gasteiger partial charge in [-0.1, -0.05) is 15.9 Å². The summed E-state index contributed by atoms with van der Waals surface area (Å²) >= 11 is 3.35. The highest BCUT2D eigenvalue weighted by Gasteiger charge is 2.11. The summed E-state index contributed by atoms with van der Waals surface area (Å²) in [7, 11) is 1.55. The molecule has 1 aromatic heterocycles. The van der Waals surface area contributed by atoms with Crippen LogP contribution in [0.25, 0.3) is 11.1 Å². The molecule has 0 bridgehead atoms. The maximum absolute atomic E-state index is 11.4. The predicted octanol–water partition coefficient (Wildman–Crippen LogP) is 2.32. The quantitative estimate of drug-likeness (QED) is 0.626. The molecule has 0 aliphatic carbocycles. The Labute approximate surface area is 112 Å². The van der Waals surface area contributed by atoms with Gasteiger partial charge in [-0.3, -0.25) is 4.79 Å². The average Bonchev–Trinajstić information content (AvgIpc) is 2.70. The van der Waals surface area contributed by atoms with Gasteiger partial charge in [0.25, 0.3) is 0 Å². The molecule has 5 nitrogen and oxygen atoms in total. The third-order valence-electron chi connectivity index (χ3n) is 2.24. The maximum atomic E-state index is 11.4. The highest BCUT2D eigenvalue weighted by Crippen LogP contribution is 2.20. The number of carbonyl (C=O) groups is 1. The minimum atomic E-state index is -0.377. The van der Waals surface area contributed by atoms with E-state index in [0.717, 1.165) is 4.47 Å². The lowest BCUT2D eigenvalue weighted by molar-refractivity contribution is -0.144. The number of hydrogen-bond acceptors (Lipinski definition) is 5. The molecule has 96 valence electrons. The summed E-state index contributed by atoms with van der Waals surface area (Å²) in [5.41, 5.74) is 1.36. The molecule has 0 saturated heterocycles. The van der Waals surface area contributed by atoms with Gasteiger partial charge in [-0.25, -0.2) is 4.98 Å². The lowest BCUT2D eigenvalue weighted by Gasteiger charge is -2.01. The van der Waals surface area contributed by atoms with Gasteiger partial charge >= 0.3 is 5.97 Å². The lowest BCUT2D eigenvalue weighted by atomic mass is 10.3. The number of methoxy groups -OCH3 is 1. The van der Waals surface area contributed by atoms with Crippen molar-refractivity contribution in [1.29, 1.82) is 0 Å². The molecule has 0 N–H and O–H groups in total. The van der Waals surface area contributed by atoms with Crippen LogP contribution in [0.3, 0.4) is 0 Å². The van der Waals surface area contributed by atoms with E-state index in [1.54, 1.807) is 13.2 Å². The summed E-state index contributed by atoms with van der Waals surface area (Å²) in [6.45, 7) is 0.618. The highest BCUT2D eigenvalue weighted by atomic mass is 79.9. The van der Waals surface area contributed by atoms with E-state index in [1.807, 2.05) is 12.1 Å². The molecule has 2 aromatic rings. The second kappa shape index (κ2) is 5.97. The zero-order valence-electron chi connectivity index (χ0n) is 9.81. The van der Waals surface area contributed by atoms with E-state index in [-0.39, 0.29) is 19.0 Å². The maximum Gasteiger partial charge on any atom is 0.315 e. The van der Waals surface area contributed by atoms with Crippen LogP contribution in [0, 0.1) is 0 Å². The minimum absolute atomic E-state index is 0.0238. The number of ether oxygens (including phenoxy) is 2. The molecule has 0 amide bonds. The van der Waals surface area contributed by atoms with E-state index >= 15 is 0 Å². The normalized spacial score (nSPS) is 10.8. The van der Waals surface area contributed by atoms with Crippen LogP contribution in [0.5, 0.6) is 0 Å². The fraction of sp³-hybridized carbons (Fsp3) is 0.333. The number of hydrogen-bond donors (Lipinski definition) is 0. The number of esters is 1. The standard InChI is InChI=1S/C12H12BrNO4/c1-16-4-5-17-12(15)7-11-14-9-6-8(13)2-3-10(9)18-11/h2-3,6H,4-5,7H2,1H3. The number of carbonyl (C=O) groups excluding carboxylic acids is 1. The highest BCUT2D eigenvalue weighted by molar-refractivity contribution is 9.10. The molecule has 1 aromatic carbocycles. The van der Waals surface area contributed by atoms with Gasteiger partial charge in [0.2, 0.25) is 5.89 Å². The third-order valence-corrected chi connectivity index (χ3v) is 2.73. The number of nitrogens with zero attached hydrogens (tertiary/aromatic N) is 1.